The zero-order valence-electron chi connectivity index (χ0n) is 28.9. The molecule has 248 valence electrons. The van der Waals surface area contributed by atoms with E-state index in [-0.39, 0.29) is 11.8 Å². The SMILES string of the molecule is C1=CC2c3ccccc3C3(c4ccccc4-c4c3ccc3ccccc43)c3ccc(-c4nc(-c5ccccc5)nc(-c5ccccc5)n4)cc3C2C=C1. The van der Waals surface area contributed by atoms with Crippen LogP contribution in [0.3, 0.4) is 0 Å². The summed E-state index contributed by atoms with van der Waals surface area (Å²) in [7, 11) is 0. The summed E-state index contributed by atoms with van der Waals surface area (Å²) in [5.41, 5.74) is 13.0. The summed E-state index contributed by atoms with van der Waals surface area (Å²) < 4.78 is 0. The standard InChI is InChI=1S/C50H33N3/c1-3-16-33(17-4-1)47-51-48(34-18-5-2-6-19-34)53-49(52-47)35-28-29-44-41(31-35)38-22-10-9-21-37(38)39-23-11-13-25-42(39)50(44)43-26-14-12-24-40(43)46-36-20-8-7-15-32(36)27-30-45(46)50/h1-31,37-38H. The molecule has 0 fully saturated rings. The van der Waals surface area contributed by atoms with Crippen LogP contribution < -0.4 is 0 Å². The third-order valence-corrected chi connectivity index (χ3v) is 11.6. The first-order chi connectivity index (χ1) is 26.3. The second-order valence-corrected chi connectivity index (χ2v) is 14.3. The van der Waals surface area contributed by atoms with Crippen LogP contribution in [0.15, 0.2) is 188 Å². The zero-order chi connectivity index (χ0) is 34.9. The maximum absolute atomic E-state index is 5.16. The monoisotopic (exact) mass is 675 g/mol. The van der Waals surface area contributed by atoms with Crippen LogP contribution in [-0.4, -0.2) is 15.0 Å². The Kier molecular flexibility index (Phi) is 6.59. The fourth-order valence-electron chi connectivity index (χ4n) is 9.36. The Hall–Kier alpha value is -6.71. The first-order valence-corrected chi connectivity index (χ1v) is 18.4. The van der Waals surface area contributed by atoms with Crippen LogP contribution in [0.1, 0.15) is 45.2 Å². The number of hydrogen-bond acceptors (Lipinski definition) is 3. The van der Waals surface area contributed by atoms with Gasteiger partial charge in [0, 0.05) is 28.5 Å². The Labute approximate surface area is 308 Å². The molecule has 3 unspecified atom stereocenters. The quantitative estimate of drug-likeness (QED) is 0.187. The molecule has 1 heterocycles. The number of allylic oxidation sites excluding steroid dienone is 4. The number of benzene rings is 7. The molecule has 3 heteroatoms. The topological polar surface area (TPSA) is 38.7 Å². The van der Waals surface area contributed by atoms with Gasteiger partial charge in [-0.05, 0) is 61.3 Å². The maximum Gasteiger partial charge on any atom is 0.164 e. The van der Waals surface area contributed by atoms with E-state index < -0.39 is 5.41 Å². The van der Waals surface area contributed by atoms with Crippen LogP contribution in [0, 0.1) is 0 Å². The highest BCUT2D eigenvalue weighted by Crippen LogP contribution is 2.62. The number of rotatable bonds is 3. The smallest absolute Gasteiger partial charge is 0.164 e. The molecule has 8 aromatic rings. The first-order valence-electron chi connectivity index (χ1n) is 18.4. The minimum Gasteiger partial charge on any atom is -0.208 e. The highest BCUT2D eigenvalue weighted by molar-refractivity contribution is 6.04. The van der Waals surface area contributed by atoms with Crippen molar-refractivity contribution in [3.8, 4) is 45.3 Å². The van der Waals surface area contributed by atoms with Crippen molar-refractivity contribution in [2.75, 3.05) is 0 Å². The fraction of sp³-hybridized carbons (Fsp3) is 0.0600. The Morgan fingerprint density at radius 1 is 0.396 bits per heavy atom. The van der Waals surface area contributed by atoms with Gasteiger partial charge in [-0.3, -0.25) is 0 Å². The lowest BCUT2D eigenvalue weighted by atomic mass is 9.65. The van der Waals surface area contributed by atoms with Gasteiger partial charge in [0.1, 0.15) is 0 Å². The summed E-state index contributed by atoms with van der Waals surface area (Å²) in [6.45, 7) is 0. The number of aromatic nitrogens is 3. The second kappa shape index (κ2) is 11.7. The molecular weight excluding hydrogens is 643 g/mol. The molecular formula is C50H33N3. The van der Waals surface area contributed by atoms with E-state index in [0.29, 0.717) is 17.5 Å². The Balaban J connectivity index is 1.23. The van der Waals surface area contributed by atoms with E-state index in [4.69, 9.17) is 15.0 Å². The van der Waals surface area contributed by atoms with Crippen LogP contribution >= 0.6 is 0 Å². The summed E-state index contributed by atoms with van der Waals surface area (Å²) >= 11 is 0. The predicted molar refractivity (Wildman–Crippen MR) is 215 cm³/mol. The minimum absolute atomic E-state index is 0.121. The zero-order valence-corrected chi connectivity index (χ0v) is 28.9. The molecule has 0 N–H and O–H groups in total. The van der Waals surface area contributed by atoms with Gasteiger partial charge in [0.25, 0.3) is 0 Å². The number of fused-ring (bicyclic) bond motifs is 14. The van der Waals surface area contributed by atoms with Crippen molar-refractivity contribution in [2.24, 2.45) is 0 Å². The maximum atomic E-state index is 5.16. The van der Waals surface area contributed by atoms with E-state index in [0.717, 1.165) is 16.7 Å². The predicted octanol–water partition coefficient (Wildman–Crippen LogP) is 11.7. The molecule has 0 saturated carbocycles. The lowest BCUT2D eigenvalue weighted by molar-refractivity contribution is 0.732. The normalized spacial score (nSPS) is 18.9. The Morgan fingerprint density at radius 3 is 1.68 bits per heavy atom. The molecule has 1 spiro atoms. The van der Waals surface area contributed by atoms with E-state index in [1.807, 2.05) is 36.4 Å². The van der Waals surface area contributed by atoms with Gasteiger partial charge in [0.05, 0.1) is 5.41 Å². The third-order valence-electron chi connectivity index (χ3n) is 11.6. The molecule has 53 heavy (non-hydrogen) atoms. The molecule has 7 aromatic carbocycles. The van der Waals surface area contributed by atoms with Gasteiger partial charge in [0.2, 0.25) is 0 Å². The van der Waals surface area contributed by atoms with Crippen LogP contribution in [0.5, 0.6) is 0 Å². The van der Waals surface area contributed by atoms with Gasteiger partial charge in [-0.1, -0.05) is 182 Å². The van der Waals surface area contributed by atoms with Crippen molar-refractivity contribution in [3.63, 3.8) is 0 Å². The second-order valence-electron chi connectivity index (χ2n) is 14.3. The van der Waals surface area contributed by atoms with Crippen molar-refractivity contribution in [3.05, 3.63) is 221 Å². The van der Waals surface area contributed by atoms with Crippen molar-refractivity contribution >= 4 is 10.8 Å². The van der Waals surface area contributed by atoms with Crippen LogP contribution in [0.4, 0.5) is 0 Å². The summed E-state index contributed by atoms with van der Waals surface area (Å²) in [5.74, 6) is 2.28. The van der Waals surface area contributed by atoms with E-state index >= 15 is 0 Å². The van der Waals surface area contributed by atoms with Crippen LogP contribution in [0.25, 0.3) is 56.1 Å². The highest BCUT2D eigenvalue weighted by atomic mass is 15.0. The molecule has 0 amide bonds. The van der Waals surface area contributed by atoms with Gasteiger partial charge in [-0.15, -0.1) is 0 Å². The van der Waals surface area contributed by atoms with E-state index in [2.05, 4.69) is 152 Å². The summed E-state index contributed by atoms with van der Waals surface area (Å²) in [6, 6.07) is 59.2. The van der Waals surface area contributed by atoms with Crippen molar-refractivity contribution in [1.82, 2.24) is 15.0 Å². The molecule has 0 saturated heterocycles. The minimum atomic E-state index is -0.525. The van der Waals surface area contributed by atoms with Crippen molar-refractivity contribution in [2.45, 2.75) is 17.3 Å². The molecule has 1 aromatic heterocycles. The van der Waals surface area contributed by atoms with E-state index in [9.17, 15) is 0 Å². The van der Waals surface area contributed by atoms with E-state index in [1.165, 1.54) is 55.3 Å². The summed E-state index contributed by atoms with van der Waals surface area (Å²) in [6.07, 6.45) is 9.22. The molecule has 0 radical (unpaired) electrons. The fourth-order valence-corrected chi connectivity index (χ4v) is 9.36. The lowest BCUT2D eigenvalue weighted by Gasteiger charge is -2.35. The molecule has 11 rings (SSSR count). The van der Waals surface area contributed by atoms with Crippen molar-refractivity contribution in [1.29, 1.82) is 0 Å². The average Bonchev–Trinajstić information content (AvgIpc) is 3.49. The number of nitrogens with zero attached hydrogens (tertiary/aromatic N) is 3. The van der Waals surface area contributed by atoms with Gasteiger partial charge >= 0.3 is 0 Å². The summed E-state index contributed by atoms with van der Waals surface area (Å²) in [5, 5.41) is 2.55. The number of hydrogen-bond donors (Lipinski definition) is 0. The van der Waals surface area contributed by atoms with Crippen LogP contribution in [0.2, 0.25) is 0 Å². The molecule has 3 atom stereocenters. The lowest BCUT2D eigenvalue weighted by Crippen LogP contribution is -2.30. The molecule has 3 aliphatic rings. The van der Waals surface area contributed by atoms with Gasteiger partial charge in [-0.2, -0.15) is 0 Å². The molecule has 0 aliphatic heterocycles. The van der Waals surface area contributed by atoms with Gasteiger partial charge in [0.15, 0.2) is 17.5 Å². The molecule has 3 aliphatic carbocycles. The van der Waals surface area contributed by atoms with E-state index in [1.54, 1.807) is 0 Å². The Bertz CT molecular complexity index is 2740. The van der Waals surface area contributed by atoms with Gasteiger partial charge in [-0.25, -0.2) is 15.0 Å². The summed E-state index contributed by atoms with van der Waals surface area (Å²) in [4.78, 5) is 15.3. The largest absolute Gasteiger partial charge is 0.208 e. The highest BCUT2D eigenvalue weighted by Gasteiger charge is 2.51. The van der Waals surface area contributed by atoms with Crippen molar-refractivity contribution < 1.29 is 0 Å². The molecule has 0 bridgehead atoms. The first kappa shape index (κ1) is 30.0. The molecule has 3 nitrogen and oxygen atoms in total. The third kappa shape index (κ3) is 4.37. The Morgan fingerprint density at radius 2 is 0.943 bits per heavy atom. The van der Waals surface area contributed by atoms with Crippen LogP contribution in [-0.2, 0) is 5.41 Å². The average molecular weight is 676 g/mol. The van der Waals surface area contributed by atoms with Gasteiger partial charge < -0.3 is 0 Å².